The summed E-state index contributed by atoms with van der Waals surface area (Å²) in [7, 11) is 2.88. The minimum Gasteiger partial charge on any atom is -0.380 e. The molecule has 0 unspecified atom stereocenters. The fraction of sp³-hybridized carbons (Fsp3) is 0.364. The molecule has 1 aromatic rings. The molecule has 7 nitrogen and oxygen atoms in total. The molecule has 0 bridgehead atoms. The fourth-order valence-electron chi connectivity index (χ4n) is 1.39. The van der Waals surface area contributed by atoms with Crippen molar-refractivity contribution >= 4 is 11.6 Å². The topological polar surface area (TPSA) is 90.7 Å². The lowest BCUT2D eigenvalue weighted by atomic mass is 10.1. The van der Waals surface area contributed by atoms with Crippen LogP contribution in [0.25, 0.3) is 0 Å². The number of carbonyl (C=O) groups excluding carboxylic acids is 1. The predicted molar refractivity (Wildman–Crippen MR) is 63.2 cm³/mol. The molecule has 0 aliphatic rings. The van der Waals surface area contributed by atoms with Crippen LogP contribution in [0.1, 0.15) is 15.9 Å². The Morgan fingerprint density at radius 1 is 1.39 bits per heavy atom. The molecular formula is C11H14N2O5. The SMILES string of the molecule is COCNC(=O)c1ccc(COC)c([N+](=O)[O-])c1. The number of hydrogen-bond acceptors (Lipinski definition) is 5. The van der Waals surface area contributed by atoms with Gasteiger partial charge in [0.15, 0.2) is 0 Å². The van der Waals surface area contributed by atoms with E-state index in [9.17, 15) is 14.9 Å². The van der Waals surface area contributed by atoms with E-state index in [1.807, 2.05) is 0 Å². The van der Waals surface area contributed by atoms with Gasteiger partial charge in [0.05, 0.1) is 17.1 Å². The number of carbonyl (C=O) groups is 1. The van der Waals surface area contributed by atoms with E-state index in [-0.39, 0.29) is 24.6 Å². The number of benzene rings is 1. The Morgan fingerprint density at radius 3 is 2.67 bits per heavy atom. The van der Waals surface area contributed by atoms with Crippen LogP contribution in [0.3, 0.4) is 0 Å². The van der Waals surface area contributed by atoms with Crippen LogP contribution in [-0.2, 0) is 16.1 Å². The minimum atomic E-state index is -0.540. The molecule has 18 heavy (non-hydrogen) atoms. The molecule has 98 valence electrons. The summed E-state index contributed by atoms with van der Waals surface area (Å²) in [5.74, 6) is -0.427. The van der Waals surface area contributed by atoms with Crippen molar-refractivity contribution in [1.29, 1.82) is 0 Å². The quantitative estimate of drug-likeness (QED) is 0.466. The highest BCUT2D eigenvalue weighted by atomic mass is 16.6. The Hall–Kier alpha value is -1.99. The van der Waals surface area contributed by atoms with Crippen molar-refractivity contribution in [3.8, 4) is 0 Å². The average molecular weight is 254 g/mol. The summed E-state index contributed by atoms with van der Waals surface area (Å²) in [4.78, 5) is 21.9. The van der Waals surface area contributed by atoms with E-state index < -0.39 is 10.8 Å². The molecular weight excluding hydrogens is 240 g/mol. The highest BCUT2D eigenvalue weighted by molar-refractivity contribution is 5.94. The van der Waals surface area contributed by atoms with E-state index in [1.165, 1.54) is 32.4 Å². The van der Waals surface area contributed by atoms with Gasteiger partial charge in [0.2, 0.25) is 0 Å². The number of ether oxygens (including phenoxy) is 2. The largest absolute Gasteiger partial charge is 0.380 e. The third kappa shape index (κ3) is 3.51. The van der Waals surface area contributed by atoms with Gasteiger partial charge < -0.3 is 14.8 Å². The molecule has 0 aliphatic carbocycles. The van der Waals surface area contributed by atoms with E-state index in [0.29, 0.717) is 5.56 Å². The summed E-state index contributed by atoms with van der Waals surface area (Å²) in [6.07, 6.45) is 0. The molecule has 1 N–H and O–H groups in total. The van der Waals surface area contributed by atoms with Gasteiger partial charge in [-0.3, -0.25) is 14.9 Å². The van der Waals surface area contributed by atoms with Gasteiger partial charge in [0.1, 0.15) is 6.73 Å². The smallest absolute Gasteiger partial charge is 0.275 e. The molecule has 0 aromatic heterocycles. The minimum absolute atomic E-state index is 0.0481. The zero-order valence-electron chi connectivity index (χ0n) is 10.1. The fourth-order valence-corrected chi connectivity index (χ4v) is 1.39. The van der Waals surface area contributed by atoms with E-state index in [1.54, 1.807) is 0 Å². The van der Waals surface area contributed by atoms with Gasteiger partial charge in [0, 0.05) is 25.8 Å². The lowest BCUT2D eigenvalue weighted by Crippen LogP contribution is -2.25. The zero-order chi connectivity index (χ0) is 13.5. The van der Waals surface area contributed by atoms with Gasteiger partial charge in [0.25, 0.3) is 11.6 Å². The van der Waals surface area contributed by atoms with Gasteiger partial charge >= 0.3 is 0 Å². The van der Waals surface area contributed by atoms with Crippen molar-refractivity contribution in [3.63, 3.8) is 0 Å². The summed E-state index contributed by atoms with van der Waals surface area (Å²) in [5.41, 5.74) is 0.492. The maximum Gasteiger partial charge on any atom is 0.275 e. The predicted octanol–water partition coefficient (Wildman–Crippen LogP) is 1.07. The van der Waals surface area contributed by atoms with Gasteiger partial charge in [-0.05, 0) is 12.1 Å². The summed E-state index contributed by atoms with van der Waals surface area (Å²) in [6.45, 7) is 0.169. The second-order valence-corrected chi connectivity index (χ2v) is 3.47. The molecule has 0 heterocycles. The van der Waals surface area contributed by atoms with Gasteiger partial charge in [-0.1, -0.05) is 0 Å². The lowest BCUT2D eigenvalue weighted by Gasteiger charge is -2.06. The summed E-state index contributed by atoms with van der Waals surface area (Å²) in [5, 5.41) is 13.3. The van der Waals surface area contributed by atoms with E-state index in [4.69, 9.17) is 4.74 Å². The van der Waals surface area contributed by atoms with E-state index in [2.05, 4.69) is 10.1 Å². The van der Waals surface area contributed by atoms with Crippen molar-refractivity contribution < 1.29 is 19.2 Å². The van der Waals surface area contributed by atoms with Crippen molar-refractivity contribution in [2.45, 2.75) is 6.61 Å². The maximum atomic E-state index is 11.6. The highest BCUT2D eigenvalue weighted by Gasteiger charge is 2.17. The van der Waals surface area contributed by atoms with Gasteiger partial charge in [-0.25, -0.2) is 0 Å². The first-order valence-electron chi connectivity index (χ1n) is 5.13. The monoisotopic (exact) mass is 254 g/mol. The number of nitro benzene ring substituents is 1. The Labute approximate surface area is 104 Å². The Morgan fingerprint density at radius 2 is 2.11 bits per heavy atom. The van der Waals surface area contributed by atoms with Crippen LogP contribution in [0.2, 0.25) is 0 Å². The molecule has 0 fully saturated rings. The molecule has 0 spiro atoms. The van der Waals surface area contributed by atoms with Crippen LogP contribution in [0, 0.1) is 10.1 Å². The maximum absolute atomic E-state index is 11.6. The molecule has 1 aromatic carbocycles. The van der Waals surface area contributed by atoms with Crippen LogP contribution in [0.15, 0.2) is 18.2 Å². The summed E-state index contributed by atoms with van der Waals surface area (Å²) < 4.78 is 9.55. The second-order valence-electron chi connectivity index (χ2n) is 3.47. The van der Waals surface area contributed by atoms with E-state index in [0.717, 1.165) is 0 Å². The van der Waals surface area contributed by atoms with Crippen LogP contribution < -0.4 is 5.32 Å². The molecule has 0 saturated carbocycles. The number of nitro groups is 1. The Bertz CT molecular complexity index is 447. The summed E-state index contributed by atoms with van der Waals surface area (Å²) >= 11 is 0. The molecule has 0 saturated heterocycles. The van der Waals surface area contributed by atoms with Crippen LogP contribution in [-0.4, -0.2) is 31.8 Å². The van der Waals surface area contributed by atoms with Crippen LogP contribution in [0.5, 0.6) is 0 Å². The Kier molecular flexibility index (Phi) is 5.22. The average Bonchev–Trinajstić information content (AvgIpc) is 2.36. The van der Waals surface area contributed by atoms with Gasteiger partial charge in [-0.15, -0.1) is 0 Å². The van der Waals surface area contributed by atoms with Crippen molar-refractivity contribution in [2.75, 3.05) is 21.0 Å². The van der Waals surface area contributed by atoms with Crippen molar-refractivity contribution in [1.82, 2.24) is 5.32 Å². The number of amides is 1. The van der Waals surface area contributed by atoms with Crippen LogP contribution >= 0.6 is 0 Å². The first-order chi connectivity index (χ1) is 8.60. The first-order valence-corrected chi connectivity index (χ1v) is 5.13. The van der Waals surface area contributed by atoms with Crippen molar-refractivity contribution in [3.05, 3.63) is 39.4 Å². The normalized spacial score (nSPS) is 10.1. The second kappa shape index (κ2) is 6.67. The van der Waals surface area contributed by atoms with Crippen LogP contribution in [0.4, 0.5) is 5.69 Å². The van der Waals surface area contributed by atoms with Gasteiger partial charge in [-0.2, -0.15) is 0 Å². The molecule has 0 radical (unpaired) electrons. The lowest BCUT2D eigenvalue weighted by molar-refractivity contribution is -0.385. The third-order valence-electron chi connectivity index (χ3n) is 2.22. The van der Waals surface area contributed by atoms with E-state index >= 15 is 0 Å². The number of methoxy groups -OCH3 is 2. The molecule has 1 amide bonds. The first kappa shape index (κ1) is 14.1. The Balaban J connectivity index is 2.99. The number of nitrogens with zero attached hydrogens (tertiary/aromatic N) is 1. The molecule has 7 heteroatoms. The zero-order valence-corrected chi connectivity index (χ0v) is 10.1. The van der Waals surface area contributed by atoms with Crippen molar-refractivity contribution in [2.24, 2.45) is 0 Å². The standard InChI is InChI=1S/C11H14N2O5/c1-17-6-9-4-3-8(5-10(9)13(15)16)11(14)12-7-18-2/h3-5H,6-7H2,1-2H3,(H,12,14). The molecule has 0 atom stereocenters. The summed E-state index contributed by atoms with van der Waals surface area (Å²) in [6, 6.07) is 4.23. The third-order valence-corrected chi connectivity index (χ3v) is 2.22. The molecule has 1 rings (SSSR count). The number of rotatable bonds is 6. The number of nitrogens with one attached hydrogen (secondary N) is 1. The number of hydrogen-bond donors (Lipinski definition) is 1. The highest BCUT2D eigenvalue weighted by Crippen LogP contribution is 2.21. The molecule has 0 aliphatic heterocycles.